The van der Waals surface area contributed by atoms with Crippen LogP contribution in [0.1, 0.15) is 103 Å². The van der Waals surface area contributed by atoms with Crippen molar-refractivity contribution in [1.29, 1.82) is 0 Å². The second-order valence-corrected chi connectivity index (χ2v) is 14.3. The summed E-state index contributed by atoms with van der Waals surface area (Å²) in [7, 11) is -3.55. The van der Waals surface area contributed by atoms with Gasteiger partial charge in [0.1, 0.15) is 18.3 Å². The van der Waals surface area contributed by atoms with Crippen molar-refractivity contribution in [2.24, 2.45) is 5.73 Å². The molecule has 1 aromatic rings. The average molecular weight is 631 g/mol. The molecule has 0 radical (unpaired) electrons. The first-order valence-corrected chi connectivity index (χ1v) is 18.1. The highest BCUT2D eigenvalue weighted by Gasteiger charge is 2.45. The topological polar surface area (TPSA) is 169 Å². The molecule has 6 atom stereocenters. The van der Waals surface area contributed by atoms with E-state index in [9.17, 15) is 24.4 Å². The Morgan fingerprint density at radius 3 is 2.19 bits per heavy atom. The molecule has 2 aliphatic heterocycles. The summed E-state index contributed by atoms with van der Waals surface area (Å²) in [6.07, 6.45) is 13.1. The molecule has 12 nitrogen and oxygen atoms in total. The van der Waals surface area contributed by atoms with E-state index in [0.29, 0.717) is 13.2 Å². The Morgan fingerprint density at radius 2 is 1.60 bits per heavy atom. The van der Waals surface area contributed by atoms with Crippen LogP contribution in [0.4, 0.5) is 0 Å². The number of aliphatic hydroxyl groups is 2. The molecule has 248 valence electrons. The number of nitrogens with zero attached hydrogens (tertiary/aromatic N) is 2. The van der Waals surface area contributed by atoms with Gasteiger partial charge in [-0.25, -0.2) is 4.79 Å². The number of nitrogens with two attached hydrogens (primary N) is 1. The smallest absolute Gasteiger partial charge is 0.332 e. The molecule has 0 spiro atoms. The fourth-order valence-corrected chi connectivity index (χ4v) is 7.37. The lowest BCUT2D eigenvalue weighted by atomic mass is 10.0. The standard InChI is InChI=1S/C30H55N4O8P/c1-2-3-4-5-6-7-8-9-10-11-12-13-14-20-40-43(39,21-19-33-17-15-24(31)22-33)41-23-25-27(36)28(37)29(42-25)34-18-16-26(35)32-30(34)38/h16,18,24-25,27-29,36-37H,2-15,17,19-23,31H2,1H3,(H,32,35,38)/t24?,25-,27-,28-,29-,43?/m1/s1. The Balaban J connectivity index is 1.41. The zero-order valence-corrected chi connectivity index (χ0v) is 26.8. The first-order valence-electron chi connectivity index (χ1n) is 16.4. The lowest BCUT2D eigenvalue weighted by Gasteiger charge is -2.24. The first kappa shape index (κ1) is 36.1. The maximum Gasteiger partial charge on any atom is 0.332 e. The minimum atomic E-state index is -3.55. The minimum Gasteiger partial charge on any atom is -0.387 e. The molecule has 3 rings (SSSR count). The molecule has 2 unspecified atom stereocenters. The van der Waals surface area contributed by atoms with Gasteiger partial charge in [0.15, 0.2) is 6.23 Å². The van der Waals surface area contributed by atoms with Crippen molar-refractivity contribution in [1.82, 2.24) is 14.5 Å². The summed E-state index contributed by atoms with van der Waals surface area (Å²) in [5.74, 6) is 0. The molecule has 0 amide bonds. The van der Waals surface area contributed by atoms with Crippen molar-refractivity contribution in [3.8, 4) is 0 Å². The molecule has 0 aliphatic carbocycles. The van der Waals surface area contributed by atoms with Crippen LogP contribution in [0.15, 0.2) is 21.9 Å². The van der Waals surface area contributed by atoms with Gasteiger partial charge in [-0.1, -0.05) is 84.0 Å². The maximum absolute atomic E-state index is 13.8. The van der Waals surface area contributed by atoms with Gasteiger partial charge in [0, 0.05) is 31.4 Å². The van der Waals surface area contributed by atoms with Crippen LogP contribution in [0.3, 0.4) is 0 Å². The summed E-state index contributed by atoms with van der Waals surface area (Å²) < 4.78 is 32.1. The number of unbranched alkanes of at least 4 members (excludes halogenated alkanes) is 12. The largest absolute Gasteiger partial charge is 0.387 e. The number of aliphatic hydroxyl groups excluding tert-OH is 2. The summed E-state index contributed by atoms with van der Waals surface area (Å²) in [6, 6.07) is 1.22. The Bertz CT molecular complexity index is 1080. The van der Waals surface area contributed by atoms with E-state index < -0.39 is 43.4 Å². The molecule has 0 aromatic carbocycles. The van der Waals surface area contributed by atoms with Gasteiger partial charge in [-0.2, -0.15) is 0 Å². The molecule has 5 N–H and O–H groups in total. The van der Waals surface area contributed by atoms with Crippen molar-refractivity contribution in [2.75, 3.05) is 39.0 Å². The van der Waals surface area contributed by atoms with Crippen molar-refractivity contribution in [3.63, 3.8) is 0 Å². The molecule has 1 aromatic heterocycles. The SMILES string of the molecule is CCCCCCCCCCCCCCCOP(=O)(CCN1CCC(N)C1)OC[C@H]1O[C@@H](n2ccc(=O)[nH]c2=O)[C@H](O)[C@@H]1O. The van der Waals surface area contributed by atoms with Gasteiger partial charge in [-0.15, -0.1) is 0 Å². The molecule has 43 heavy (non-hydrogen) atoms. The number of likely N-dealkylation sites (tertiary alicyclic amines) is 1. The highest BCUT2D eigenvalue weighted by atomic mass is 31.2. The minimum absolute atomic E-state index is 0.101. The lowest BCUT2D eigenvalue weighted by molar-refractivity contribution is -0.0531. The van der Waals surface area contributed by atoms with Gasteiger partial charge < -0.3 is 34.6 Å². The predicted molar refractivity (Wildman–Crippen MR) is 166 cm³/mol. The number of hydrogen-bond donors (Lipinski definition) is 4. The monoisotopic (exact) mass is 630 g/mol. The Hall–Kier alpha value is -1.37. The molecule has 13 heteroatoms. The second kappa shape index (κ2) is 19.2. The number of H-pyrrole nitrogens is 1. The first-order chi connectivity index (χ1) is 20.7. The third kappa shape index (κ3) is 12.5. The van der Waals surface area contributed by atoms with E-state index in [1.807, 2.05) is 0 Å². The van der Waals surface area contributed by atoms with Crippen LogP contribution >= 0.6 is 7.60 Å². The average Bonchev–Trinajstić information content (AvgIpc) is 3.53. The molecule has 0 bridgehead atoms. The molecule has 3 heterocycles. The van der Waals surface area contributed by atoms with Gasteiger partial charge in [-0.3, -0.25) is 18.9 Å². The van der Waals surface area contributed by atoms with Crippen LogP contribution in [0, 0.1) is 0 Å². The zero-order valence-electron chi connectivity index (χ0n) is 25.9. The number of rotatable bonds is 22. The second-order valence-electron chi connectivity index (χ2n) is 12.1. The van der Waals surface area contributed by atoms with E-state index in [-0.39, 0.29) is 18.8 Å². The zero-order chi connectivity index (χ0) is 31.1. The van der Waals surface area contributed by atoms with E-state index in [4.69, 9.17) is 19.5 Å². The number of ether oxygens (including phenoxy) is 1. The van der Waals surface area contributed by atoms with E-state index in [1.54, 1.807) is 0 Å². The quantitative estimate of drug-likeness (QED) is 0.110. The van der Waals surface area contributed by atoms with E-state index in [1.165, 1.54) is 70.4 Å². The molecular formula is C30H55N4O8P. The fraction of sp³-hybridized carbons (Fsp3) is 0.867. The number of aromatic nitrogens is 2. The van der Waals surface area contributed by atoms with Gasteiger partial charge in [0.25, 0.3) is 5.56 Å². The predicted octanol–water partition coefficient (Wildman–Crippen LogP) is 3.51. The summed E-state index contributed by atoms with van der Waals surface area (Å²) in [4.78, 5) is 27.8. The highest BCUT2D eigenvalue weighted by Crippen LogP contribution is 2.49. The van der Waals surface area contributed by atoms with Crippen LogP contribution in [-0.2, 0) is 18.3 Å². The number of hydrogen-bond acceptors (Lipinski definition) is 10. The van der Waals surface area contributed by atoms with Crippen LogP contribution in [-0.4, -0.2) is 88.0 Å². The van der Waals surface area contributed by atoms with Crippen molar-refractivity contribution in [3.05, 3.63) is 33.1 Å². The van der Waals surface area contributed by atoms with Crippen molar-refractivity contribution < 1.29 is 28.6 Å². The lowest BCUT2D eigenvalue weighted by Crippen LogP contribution is -2.37. The van der Waals surface area contributed by atoms with Crippen LogP contribution in [0.2, 0.25) is 0 Å². The van der Waals surface area contributed by atoms with E-state index in [2.05, 4.69) is 16.8 Å². The summed E-state index contributed by atoms with van der Waals surface area (Å²) in [5, 5.41) is 21.1. The Morgan fingerprint density at radius 1 is 0.977 bits per heavy atom. The summed E-state index contributed by atoms with van der Waals surface area (Å²) >= 11 is 0. The van der Waals surface area contributed by atoms with Crippen LogP contribution in [0.25, 0.3) is 0 Å². The molecule has 2 aliphatic rings. The molecular weight excluding hydrogens is 575 g/mol. The van der Waals surface area contributed by atoms with Gasteiger partial charge in [-0.05, 0) is 19.4 Å². The molecule has 2 saturated heterocycles. The molecule has 0 saturated carbocycles. The van der Waals surface area contributed by atoms with Crippen LogP contribution < -0.4 is 17.0 Å². The fourth-order valence-electron chi connectivity index (χ4n) is 5.73. The third-order valence-corrected chi connectivity index (χ3v) is 10.3. The van der Waals surface area contributed by atoms with Gasteiger partial charge in [0.05, 0.1) is 19.4 Å². The molecule has 2 fully saturated rings. The van der Waals surface area contributed by atoms with Crippen molar-refractivity contribution >= 4 is 7.60 Å². The van der Waals surface area contributed by atoms with E-state index in [0.717, 1.165) is 49.4 Å². The normalized spacial score (nSPS) is 25.8. The van der Waals surface area contributed by atoms with E-state index >= 15 is 0 Å². The summed E-state index contributed by atoms with van der Waals surface area (Å²) in [5.41, 5.74) is 4.66. The van der Waals surface area contributed by atoms with Crippen LogP contribution in [0.5, 0.6) is 0 Å². The van der Waals surface area contributed by atoms with Gasteiger partial charge in [0.2, 0.25) is 0 Å². The van der Waals surface area contributed by atoms with Crippen molar-refractivity contribution in [2.45, 2.75) is 127 Å². The Labute approximate surface area is 255 Å². The number of aromatic amines is 1. The third-order valence-electron chi connectivity index (χ3n) is 8.43. The highest BCUT2D eigenvalue weighted by molar-refractivity contribution is 7.53. The summed E-state index contributed by atoms with van der Waals surface area (Å²) in [6.45, 7) is 4.33. The Kier molecular flexibility index (Phi) is 16.1. The maximum atomic E-state index is 13.8. The van der Waals surface area contributed by atoms with Gasteiger partial charge >= 0.3 is 13.3 Å². The number of nitrogens with one attached hydrogen (secondary N) is 1.